The zero-order chi connectivity index (χ0) is 21.1. The number of piperidine rings is 1. The third-order valence-electron chi connectivity index (χ3n) is 4.16. The number of rotatable bonds is 4. The van der Waals surface area contributed by atoms with Crippen LogP contribution < -0.4 is 0 Å². The van der Waals surface area contributed by atoms with Crippen molar-refractivity contribution in [3.8, 4) is 0 Å². The van der Waals surface area contributed by atoms with Gasteiger partial charge in [-0.2, -0.15) is 22.0 Å². The van der Waals surface area contributed by atoms with Gasteiger partial charge in [0, 0.05) is 19.0 Å². The Bertz CT molecular complexity index is 689. The highest BCUT2D eigenvalue weighted by molar-refractivity contribution is 5.68. The Labute approximate surface area is 159 Å². The molecule has 0 aromatic carbocycles. The smallest absolute Gasteiger partial charge is 0.433 e. The van der Waals surface area contributed by atoms with Gasteiger partial charge in [-0.3, -0.25) is 0 Å². The van der Waals surface area contributed by atoms with E-state index < -0.39 is 36.8 Å². The minimum absolute atomic E-state index is 0.198. The van der Waals surface area contributed by atoms with Crippen LogP contribution in [0, 0.1) is 0 Å². The second-order valence-electron chi connectivity index (χ2n) is 7.57. The first kappa shape index (κ1) is 22.3. The fourth-order valence-corrected chi connectivity index (χ4v) is 3.02. The molecule has 28 heavy (non-hydrogen) atoms. The predicted molar refractivity (Wildman–Crippen MR) is 89.8 cm³/mol. The van der Waals surface area contributed by atoms with Crippen molar-refractivity contribution < 1.29 is 36.2 Å². The van der Waals surface area contributed by atoms with E-state index in [-0.39, 0.29) is 18.2 Å². The maximum Gasteiger partial charge on any atom is 0.433 e. The van der Waals surface area contributed by atoms with E-state index in [1.165, 1.54) is 11.0 Å². The molecule has 1 aliphatic heterocycles. The summed E-state index contributed by atoms with van der Waals surface area (Å²) in [6.07, 6.45) is -4.05. The van der Waals surface area contributed by atoms with Crippen LogP contribution in [0.2, 0.25) is 0 Å². The van der Waals surface area contributed by atoms with E-state index >= 15 is 0 Å². The summed E-state index contributed by atoms with van der Waals surface area (Å²) in [6, 6.07) is 2.04. The van der Waals surface area contributed by atoms with Crippen LogP contribution in [0.5, 0.6) is 0 Å². The van der Waals surface area contributed by atoms with Gasteiger partial charge in [0.2, 0.25) is 0 Å². The number of likely N-dealkylation sites (tertiary alicyclic amines) is 1. The van der Waals surface area contributed by atoms with Gasteiger partial charge in [0.15, 0.2) is 0 Å². The summed E-state index contributed by atoms with van der Waals surface area (Å²) in [5.41, 5.74) is -1.70. The van der Waals surface area contributed by atoms with Crippen LogP contribution in [0.1, 0.15) is 56.5 Å². The van der Waals surface area contributed by atoms with E-state index in [0.717, 1.165) is 6.07 Å². The van der Waals surface area contributed by atoms with Crippen LogP contribution in [-0.4, -0.2) is 41.3 Å². The van der Waals surface area contributed by atoms with E-state index in [0.29, 0.717) is 24.9 Å². The number of nitrogens with zero attached hydrogens (tertiary/aromatic N) is 2. The summed E-state index contributed by atoms with van der Waals surface area (Å²) in [4.78, 5) is 17.3. The first-order valence-electron chi connectivity index (χ1n) is 8.81. The van der Waals surface area contributed by atoms with Crippen LogP contribution in [0.25, 0.3) is 0 Å². The molecule has 5 nitrogen and oxygen atoms in total. The largest absolute Gasteiger partial charge is 0.444 e. The molecule has 1 fully saturated rings. The van der Waals surface area contributed by atoms with E-state index in [2.05, 4.69) is 9.72 Å². The molecule has 2 rings (SSSR count). The monoisotopic (exact) mass is 410 g/mol. The summed E-state index contributed by atoms with van der Waals surface area (Å²) >= 11 is 0. The molecule has 1 unspecified atom stereocenters. The normalized spacial score (nSPS) is 18.5. The van der Waals surface area contributed by atoms with E-state index in [1.54, 1.807) is 20.8 Å². The van der Waals surface area contributed by atoms with Gasteiger partial charge >= 0.3 is 18.9 Å². The first-order chi connectivity index (χ1) is 12.9. The number of ether oxygens (including phenoxy) is 2. The molecule has 1 aromatic rings. The van der Waals surface area contributed by atoms with Gasteiger partial charge in [-0.1, -0.05) is 6.07 Å². The fourth-order valence-electron chi connectivity index (χ4n) is 3.02. The zero-order valence-corrected chi connectivity index (χ0v) is 15.9. The number of carbonyl (C=O) groups excluding carboxylic acids is 1. The van der Waals surface area contributed by atoms with Crippen LogP contribution >= 0.6 is 0 Å². The highest BCUT2D eigenvalue weighted by Crippen LogP contribution is 2.33. The van der Waals surface area contributed by atoms with Crippen molar-refractivity contribution in [3.63, 3.8) is 0 Å². The minimum Gasteiger partial charge on any atom is -0.444 e. The third kappa shape index (κ3) is 6.29. The lowest BCUT2D eigenvalue weighted by atomic mass is 9.89. The molecule has 10 heteroatoms. The Morgan fingerprint density at radius 2 is 1.96 bits per heavy atom. The number of alkyl halides is 5. The second-order valence-corrected chi connectivity index (χ2v) is 7.57. The number of halogens is 5. The third-order valence-corrected chi connectivity index (χ3v) is 4.16. The Morgan fingerprint density at radius 3 is 2.54 bits per heavy atom. The van der Waals surface area contributed by atoms with Crippen LogP contribution in [0.3, 0.4) is 0 Å². The minimum atomic E-state index is -4.70. The number of pyridine rings is 1. The topological polar surface area (TPSA) is 51.7 Å². The predicted octanol–water partition coefficient (Wildman–Crippen LogP) is 4.95. The van der Waals surface area contributed by atoms with Crippen LogP contribution in [-0.2, 0) is 22.3 Å². The standard InChI is InChI=1S/C18H23F5N2O3/c1-17(2,3)28-16(26)25-8-4-5-11(9-25)12-6-7-14(18(21,22)23)24-13(12)10-27-15(19)20/h6-7,11,15H,4-5,8-10H2,1-3H3. The van der Waals surface area contributed by atoms with Crippen molar-refractivity contribution in [1.29, 1.82) is 0 Å². The number of aromatic nitrogens is 1. The number of hydrogen-bond donors (Lipinski definition) is 0. The molecule has 0 aliphatic carbocycles. The second kappa shape index (κ2) is 8.59. The number of amides is 1. The molecule has 1 saturated heterocycles. The number of carbonyl (C=O) groups is 1. The van der Waals surface area contributed by atoms with Crippen molar-refractivity contribution in [1.82, 2.24) is 9.88 Å². The average molecular weight is 410 g/mol. The quantitative estimate of drug-likeness (QED) is 0.659. The van der Waals surface area contributed by atoms with Gasteiger partial charge in [0.1, 0.15) is 11.3 Å². The highest BCUT2D eigenvalue weighted by Gasteiger charge is 2.35. The molecule has 0 N–H and O–H groups in total. The van der Waals surface area contributed by atoms with Gasteiger partial charge in [0.25, 0.3) is 0 Å². The van der Waals surface area contributed by atoms with Crippen LogP contribution in [0.4, 0.5) is 26.7 Å². The lowest BCUT2D eigenvalue weighted by Gasteiger charge is -2.34. The molecule has 0 bridgehead atoms. The molecule has 0 saturated carbocycles. The molecule has 1 amide bonds. The highest BCUT2D eigenvalue weighted by atomic mass is 19.4. The van der Waals surface area contributed by atoms with Gasteiger partial charge in [0.05, 0.1) is 12.3 Å². The first-order valence-corrected chi connectivity index (χ1v) is 8.81. The van der Waals surface area contributed by atoms with Crippen molar-refractivity contribution in [2.45, 2.75) is 64.5 Å². The van der Waals surface area contributed by atoms with E-state index in [9.17, 15) is 26.7 Å². The lowest BCUT2D eigenvalue weighted by molar-refractivity contribution is -0.144. The molecular weight excluding hydrogens is 387 g/mol. The van der Waals surface area contributed by atoms with Gasteiger partial charge in [-0.15, -0.1) is 0 Å². The maximum atomic E-state index is 12.9. The van der Waals surface area contributed by atoms with Gasteiger partial charge in [-0.05, 0) is 45.2 Å². The lowest BCUT2D eigenvalue weighted by Crippen LogP contribution is -2.42. The van der Waals surface area contributed by atoms with E-state index in [4.69, 9.17) is 4.74 Å². The fraction of sp³-hybridized carbons (Fsp3) is 0.667. The summed E-state index contributed by atoms with van der Waals surface area (Å²) in [6.45, 7) is 1.95. The molecule has 1 aliphatic rings. The molecule has 158 valence electrons. The molecule has 1 aromatic heterocycles. The molecule has 0 radical (unpaired) electrons. The van der Waals surface area contributed by atoms with Crippen LogP contribution in [0.15, 0.2) is 12.1 Å². The van der Waals surface area contributed by atoms with Gasteiger partial charge < -0.3 is 14.4 Å². The maximum absolute atomic E-state index is 12.9. The van der Waals surface area contributed by atoms with Gasteiger partial charge in [-0.25, -0.2) is 9.78 Å². The number of hydrogen-bond acceptors (Lipinski definition) is 4. The Balaban J connectivity index is 2.25. The van der Waals surface area contributed by atoms with Crippen molar-refractivity contribution in [2.75, 3.05) is 13.1 Å². The summed E-state index contributed by atoms with van der Waals surface area (Å²) in [5, 5.41) is 0. The van der Waals surface area contributed by atoms with Crippen molar-refractivity contribution in [2.24, 2.45) is 0 Å². The Morgan fingerprint density at radius 1 is 1.29 bits per heavy atom. The molecule has 0 spiro atoms. The van der Waals surface area contributed by atoms with Crippen molar-refractivity contribution in [3.05, 3.63) is 29.1 Å². The summed E-state index contributed by atoms with van der Waals surface area (Å²) < 4.78 is 73.2. The zero-order valence-electron chi connectivity index (χ0n) is 15.9. The SMILES string of the molecule is CC(C)(C)OC(=O)N1CCCC(c2ccc(C(F)(F)F)nc2COC(F)F)C1. The summed E-state index contributed by atoms with van der Waals surface area (Å²) in [7, 11) is 0. The van der Waals surface area contributed by atoms with Crippen molar-refractivity contribution >= 4 is 6.09 Å². The Hall–Kier alpha value is -1.97. The average Bonchev–Trinajstić information content (AvgIpc) is 2.57. The summed E-state index contributed by atoms with van der Waals surface area (Å²) in [5.74, 6) is -0.354. The van der Waals surface area contributed by atoms with E-state index in [1.807, 2.05) is 0 Å². The molecule has 2 heterocycles. The Kier molecular flexibility index (Phi) is 6.84. The molecule has 1 atom stereocenters. The molecular formula is C18H23F5N2O3.